The van der Waals surface area contributed by atoms with E-state index in [9.17, 15) is 4.79 Å². The highest BCUT2D eigenvalue weighted by atomic mass is 16.5. The number of anilines is 1. The van der Waals surface area contributed by atoms with Gasteiger partial charge in [0, 0.05) is 18.8 Å². The Morgan fingerprint density at radius 1 is 1.08 bits per heavy atom. The van der Waals surface area contributed by atoms with Crippen molar-refractivity contribution in [2.75, 3.05) is 31.7 Å². The normalized spacial score (nSPS) is 10.3. The maximum absolute atomic E-state index is 12.0. The number of aliphatic hydroxyl groups excluding tert-OH is 1. The summed E-state index contributed by atoms with van der Waals surface area (Å²) in [5.74, 6) is 0.886. The van der Waals surface area contributed by atoms with E-state index >= 15 is 0 Å². The van der Waals surface area contributed by atoms with Crippen LogP contribution < -0.4 is 20.1 Å². The monoisotopic (exact) mass is 344 g/mol. The summed E-state index contributed by atoms with van der Waals surface area (Å²) in [6.45, 7) is 3.53. The Kier molecular flexibility index (Phi) is 7.75. The van der Waals surface area contributed by atoms with Crippen LogP contribution in [0.25, 0.3) is 0 Å². The van der Waals surface area contributed by atoms with Crippen LogP contribution in [0, 0.1) is 0 Å². The molecule has 0 aliphatic heterocycles. The van der Waals surface area contributed by atoms with E-state index in [2.05, 4.69) is 10.6 Å². The molecule has 6 heteroatoms. The number of hydrogen-bond acceptors (Lipinski definition) is 5. The molecular formula is C19H24N2O4. The number of carbonyl (C=O) groups is 1. The van der Waals surface area contributed by atoms with Crippen LogP contribution in [0.5, 0.6) is 11.5 Å². The number of nitrogens with one attached hydrogen (secondary N) is 2. The van der Waals surface area contributed by atoms with Crippen molar-refractivity contribution in [2.24, 2.45) is 0 Å². The quantitative estimate of drug-likeness (QED) is 0.576. The van der Waals surface area contributed by atoms with Crippen molar-refractivity contribution in [3.05, 3.63) is 54.1 Å². The molecule has 25 heavy (non-hydrogen) atoms. The first-order valence-corrected chi connectivity index (χ1v) is 8.28. The molecule has 2 rings (SSSR count). The molecule has 0 saturated carbocycles. The van der Waals surface area contributed by atoms with E-state index in [4.69, 9.17) is 14.6 Å². The molecular weight excluding hydrogens is 320 g/mol. The molecule has 3 N–H and O–H groups in total. The maximum atomic E-state index is 12.0. The molecule has 1 amide bonds. The number of hydrogen-bond donors (Lipinski definition) is 3. The SMILES string of the molecule is CCOc1cc(CNCCO)ccc1OCC(=O)Nc1ccccc1. The fraction of sp³-hybridized carbons (Fsp3) is 0.316. The Balaban J connectivity index is 1.94. The number of benzene rings is 2. The van der Waals surface area contributed by atoms with Gasteiger partial charge in [0.2, 0.25) is 0 Å². The molecule has 2 aromatic rings. The number of rotatable bonds is 10. The van der Waals surface area contributed by atoms with E-state index < -0.39 is 0 Å². The van der Waals surface area contributed by atoms with Crippen molar-refractivity contribution in [1.29, 1.82) is 0 Å². The summed E-state index contributed by atoms with van der Waals surface area (Å²) in [7, 11) is 0. The summed E-state index contributed by atoms with van der Waals surface area (Å²) in [6.07, 6.45) is 0. The molecule has 2 aromatic carbocycles. The van der Waals surface area contributed by atoms with Gasteiger partial charge in [-0.15, -0.1) is 0 Å². The largest absolute Gasteiger partial charge is 0.490 e. The van der Waals surface area contributed by atoms with E-state index in [-0.39, 0.29) is 19.1 Å². The van der Waals surface area contributed by atoms with Crippen molar-refractivity contribution in [3.63, 3.8) is 0 Å². The second-order valence-corrected chi connectivity index (χ2v) is 5.32. The lowest BCUT2D eigenvalue weighted by molar-refractivity contribution is -0.118. The van der Waals surface area contributed by atoms with Gasteiger partial charge < -0.3 is 25.2 Å². The van der Waals surface area contributed by atoms with Gasteiger partial charge in [-0.1, -0.05) is 24.3 Å². The number of amides is 1. The van der Waals surface area contributed by atoms with Gasteiger partial charge in [-0.3, -0.25) is 4.79 Å². The number of aliphatic hydroxyl groups is 1. The number of ether oxygens (including phenoxy) is 2. The molecule has 0 fully saturated rings. The predicted molar refractivity (Wildman–Crippen MR) is 97.0 cm³/mol. The van der Waals surface area contributed by atoms with Crippen molar-refractivity contribution >= 4 is 11.6 Å². The molecule has 0 saturated heterocycles. The second-order valence-electron chi connectivity index (χ2n) is 5.32. The highest BCUT2D eigenvalue weighted by Gasteiger charge is 2.09. The maximum Gasteiger partial charge on any atom is 0.262 e. The highest BCUT2D eigenvalue weighted by molar-refractivity contribution is 5.91. The zero-order valence-corrected chi connectivity index (χ0v) is 14.3. The predicted octanol–water partition coefficient (Wildman–Crippen LogP) is 2.18. The first-order valence-electron chi connectivity index (χ1n) is 8.28. The van der Waals surface area contributed by atoms with Crippen LogP contribution in [0.4, 0.5) is 5.69 Å². The molecule has 6 nitrogen and oxygen atoms in total. The summed E-state index contributed by atoms with van der Waals surface area (Å²) < 4.78 is 11.2. The van der Waals surface area contributed by atoms with E-state index in [1.165, 1.54) is 0 Å². The third-order valence-corrected chi connectivity index (χ3v) is 3.34. The van der Waals surface area contributed by atoms with Crippen LogP contribution in [0.3, 0.4) is 0 Å². The smallest absolute Gasteiger partial charge is 0.262 e. The van der Waals surface area contributed by atoms with Crippen LogP contribution in [-0.4, -0.2) is 37.4 Å². The van der Waals surface area contributed by atoms with Crippen molar-refractivity contribution in [1.82, 2.24) is 5.32 Å². The average Bonchev–Trinajstić information content (AvgIpc) is 2.62. The minimum Gasteiger partial charge on any atom is -0.490 e. The zero-order valence-electron chi connectivity index (χ0n) is 14.3. The van der Waals surface area contributed by atoms with Gasteiger partial charge in [-0.05, 0) is 36.8 Å². The van der Waals surface area contributed by atoms with E-state index in [1.807, 2.05) is 49.4 Å². The van der Waals surface area contributed by atoms with Gasteiger partial charge in [0.15, 0.2) is 18.1 Å². The molecule has 134 valence electrons. The Labute approximate surface area is 147 Å². The Bertz CT molecular complexity index is 662. The van der Waals surface area contributed by atoms with Crippen molar-refractivity contribution < 1.29 is 19.4 Å². The van der Waals surface area contributed by atoms with Crippen molar-refractivity contribution in [3.8, 4) is 11.5 Å². The van der Waals surface area contributed by atoms with E-state index in [0.29, 0.717) is 31.2 Å². The lowest BCUT2D eigenvalue weighted by Gasteiger charge is -2.14. The molecule has 0 unspecified atom stereocenters. The molecule has 0 heterocycles. The minimum absolute atomic E-state index is 0.0933. The zero-order chi connectivity index (χ0) is 17.9. The molecule has 0 aliphatic carbocycles. The molecule has 0 aliphatic rings. The number of carbonyl (C=O) groups excluding carboxylic acids is 1. The summed E-state index contributed by atoms with van der Waals surface area (Å²) in [6, 6.07) is 14.8. The standard InChI is InChI=1S/C19H24N2O4/c1-2-24-18-12-15(13-20-10-11-22)8-9-17(18)25-14-19(23)21-16-6-4-3-5-7-16/h3-9,12,20,22H,2,10-11,13-14H2,1H3,(H,21,23). The van der Waals surface area contributed by atoms with Crippen LogP contribution >= 0.6 is 0 Å². The second kappa shape index (κ2) is 10.3. The topological polar surface area (TPSA) is 79.8 Å². The first-order chi connectivity index (χ1) is 12.2. The van der Waals surface area contributed by atoms with Gasteiger partial charge >= 0.3 is 0 Å². The van der Waals surface area contributed by atoms with Gasteiger partial charge in [-0.25, -0.2) is 0 Å². The van der Waals surface area contributed by atoms with Gasteiger partial charge in [0.1, 0.15) is 0 Å². The third kappa shape index (κ3) is 6.45. The lowest BCUT2D eigenvalue weighted by Crippen LogP contribution is -2.20. The molecule has 0 spiro atoms. The number of para-hydroxylation sites is 1. The highest BCUT2D eigenvalue weighted by Crippen LogP contribution is 2.28. The summed E-state index contributed by atoms with van der Waals surface area (Å²) in [4.78, 5) is 12.0. The fourth-order valence-corrected chi connectivity index (χ4v) is 2.22. The average molecular weight is 344 g/mol. The first kappa shape index (κ1) is 18.8. The van der Waals surface area contributed by atoms with E-state index in [0.717, 1.165) is 11.3 Å². The molecule has 0 radical (unpaired) electrons. The van der Waals surface area contributed by atoms with Crippen LogP contribution in [0.1, 0.15) is 12.5 Å². The third-order valence-electron chi connectivity index (χ3n) is 3.34. The molecule has 0 atom stereocenters. The van der Waals surface area contributed by atoms with Crippen molar-refractivity contribution in [2.45, 2.75) is 13.5 Å². The summed E-state index contributed by atoms with van der Waals surface area (Å²) in [5, 5.41) is 14.7. The van der Waals surface area contributed by atoms with Gasteiger partial charge in [-0.2, -0.15) is 0 Å². The Morgan fingerprint density at radius 3 is 2.60 bits per heavy atom. The van der Waals surface area contributed by atoms with Gasteiger partial charge in [0.25, 0.3) is 5.91 Å². The lowest BCUT2D eigenvalue weighted by atomic mass is 10.2. The van der Waals surface area contributed by atoms with Crippen LogP contribution in [0.15, 0.2) is 48.5 Å². The van der Waals surface area contributed by atoms with Crippen LogP contribution in [-0.2, 0) is 11.3 Å². The van der Waals surface area contributed by atoms with E-state index in [1.54, 1.807) is 6.07 Å². The molecule has 0 aromatic heterocycles. The minimum atomic E-state index is -0.234. The fourth-order valence-electron chi connectivity index (χ4n) is 2.22. The van der Waals surface area contributed by atoms with Gasteiger partial charge in [0.05, 0.1) is 13.2 Å². The summed E-state index contributed by atoms with van der Waals surface area (Å²) >= 11 is 0. The summed E-state index contributed by atoms with van der Waals surface area (Å²) in [5.41, 5.74) is 1.74. The molecule has 0 bridgehead atoms. The Hall–Kier alpha value is -2.57. The van der Waals surface area contributed by atoms with Crippen LogP contribution in [0.2, 0.25) is 0 Å². The Morgan fingerprint density at radius 2 is 1.88 bits per heavy atom.